The standard InChI is InChI=1S/C13H9ClN4O2S2/c1-7-4-11(21-17-7)22(19,20)18-10-3-2-9(14)12-8(5-15)6-16-13(10)12/h2-4,6,16,18H,1H3. The van der Waals surface area contributed by atoms with E-state index in [4.69, 9.17) is 16.9 Å². The van der Waals surface area contributed by atoms with Crippen LogP contribution in [0.3, 0.4) is 0 Å². The van der Waals surface area contributed by atoms with Gasteiger partial charge in [0.05, 0.1) is 27.5 Å². The third kappa shape index (κ3) is 2.43. The van der Waals surface area contributed by atoms with Gasteiger partial charge in [-0.15, -0.1) is 0 Å². The van der Waals surface area contributed by atoms with Crippen molar-refractivity contribution in [1.29, 1.82) is 5.26 Å². The third-order valence-electron chi connectivity index (χ3n) is 3.02. The number of nitriles is 1. The fourth-order valence-electron chi connectivity index (χ4n) is 2.04. The number of sulfonamides is 1. The van der Waals surface area contributed by atoms with Gasteiger partial charge >= 0.3 is 0 Å². The van der Waals surface area contributed by atoms with Gasteiger partial charge in [-0.2, -0.15) is 9.64 Å². The number of nitrogens with one attached hydrogen (secondary N) is 2. The van der Waals surface area contributed by atoms with E-state index >= 15 is 0 Å². The maximum absolute atomic E-state index is 12.4. The smallest absolute Gasteiger partial charge is 0.273 e. The zero-order valence-electron chi connectivity index (χ0n) is 11.2. The van der Waals surface area contributed by atoms with Crippen LogP contribution in [0.2, 0.25) is 5.02 Å². The summed E-state index contributed by atoms with van der Waals surface area (Å²) in [6, 6.07) is 6.61. The Bertz CT molecular complexity index is 1010. The van der Waals surface area contributed by atoms with Crippen molar-refractivity contribution < 1.29 is 8.42 Å². The van der Waals surface area contributed by atoms with Crippen molar-refractivity contribution in [3.05, 3.63) is 40.7 Å². The summed E-state index contributed by atoms with van der Waals surface area (Å²) >= 11 is 6.99. The number of hydrogen-bond acceptors (Lipinski definition) is 5. The summed E-state index contributed by atoms with van der Waals surface area (Å²) in [6.45, 7) is 1.72. The predicted molar refractivity (Wildman–Crippen MR) is 85.7 cm³/mol. The molecule has 0 fully saturated rings. The highest BCUT2D eigenvalue weighted by molar-refractivity contribution is 7.94. The summed E-state index contributed by atoms with van der Waals surface area (Å²) in [7, 11) is -3.73. The zero-order valence-corrected chi connectivity index (χ0v) is 13.6. The molecule has 0 saturated carbocycles. The van der Waals surface area contributed by atoms with Crippen molar-refractivity contribution in [1.82, 2.24) is 9.36 Å². The Balaban J connectivity index is 2.11. The molecule has 0 spiro atoms. The minimum absolute atomic E-state index is 0.125. The number of fused-ring (bicyclic) bond motifs is 1. The van der Waals surface area contributed by atoms with Crippen molar-refractivity contribution in [2.24, 2.45) is 0 Å². The van der Waals surface area contributed by atoms with Crippen LogP contribution >= 0.6 is 23.1 Å². The van der Waals surface area contributed by atoms with E-state index in [9.17, 15) is 8.42 Å². The van der Waals surface area contributed by atoms with Crippen molar-refractivity contribution >= 4 is 49.7 Å². The lowest BCUT2D eigenvalue weighted by Gasteiger charge is -2.08. The molecule has 0 unspecified atom stereocenters. The molecule has 22 heavy (non-hydrogen) atoms. The van der Waals surface area contributed by atoms with E-state index in [1.807, 2.05) is 6.07 Å². The number of H-pyrrole nitrogens is 1. The lowest BCUT2D eigenvalue weighted by Crippen LogP contribution is -2.11. The molecule has 0 bridgehead atoms. The predicted octanol–water partition coefficient (Wildman–Crippen LogP) is 3.26. The number of aryl methyl sites for hydroxylation is 1. The van der Waals surface area contributed by atoms with Crippen molar-refractivity contribution in [3.8, 4) is 6.07 Å². The highest BCUT2D eigenvalue weighted by atomic mass is 35.5. The van der Waals surface area contributed by atoms with Crippen LogP contribution in [0.15, 0.2) is 28.6 Å². The van der Waals surface area contributed by atoms with Crippen LogP contribution in [-0.2, 0) is 10.0 Å². The van der Waals surface area contributed by atoms with Crippen LogP contribution in [0.4, 0.5) is 5.69 Å². The number of nitrogens with zero attached hydrogens (tertiary/aromatic N) is 2. The summed E-state index contributed by atoms with van der Waals surface area (Å²) in [4.78, 5) is 2.88. The summed E-state index contributed by atoms with van der Waals surface area (Å²) in [5, 5.41) is 9.95. The Morgan fingerprint density at radius 3 is 2.86 bits per heavy atom. The first kappa shape index (κ1) is 14.8. The number of aromatic amines is 1. The average molecular weight is 353 g/mol. The minimum Gasteiger partial charge on any atom is -0.358 e. The van der Waals surface area contributed by atoms with E-state index in [1.54, 1.807) is 19.1 Å². The van der Waals surface area contributed by atoms with Crippen LogP contribution in [0.5, 0.6) is 0 Å². The molecule has 1 aromatic carbocycles. The summed E-state index contributed by atoms with van der Waals surface area (Å²) in [5.41, 5.74) is 1.79. The average Bonchev–Trinajstić information content (AvgIpc) is 3.08. The molecule has 3 rings (SSSR count). The van der Waals surface area contributed by atoms with Crippen molar-refractivity contribution in [2.75, 3.05) is 4.72 Å². The topological polar surface area (TPSA) is 98.6 Å². The van der Waals surface area contributed by atoms with Gasteiger partial charge in [0.2, 0.25) is 0 Å². The molecule has 9 heteroatoms. The van der Waals surface area contributed by atoms with Crippen LogP contribution in [0, 0.1) is 18.3 Å². The first-order chi connectivity index (χ1) is 10.4. The Kier molecular flexibility index (Phi) is 3.56. The molecule has 0 aliphatic rings. The number of benzene rings is 1. The fraction of sp³-hybridized carbons (Fsp3) is 0.0769. The molecule has 3 aromatic rings. The molecule has 0 radical (unpaired) electrons. The van der Waals surface area contributed by atoms with E-state index in [1.165, 1.54) is 12.3 Å². The van der Waals surface area contributed by atoms with Gasteiger partial charge in [0.15, 0.2) is 4.21 Å². The Morgan fingerprint density at radius 1 is 1.45 bits per heavy atom. The van der Waals surface area contributed by atoms with E-state index in [0.717, 1.165) is 11.5 Å². The first-order valence-corrected chi connectivity index (χ1v) is 8.71. The Morgan fingerprint density at radius 2 is 2.23 bits per heavy atom. The number of anilines is 1. The van der Waals surface area contributed by atoms with E-state index in [0.29, 0.717) is 32.9 Å². The second kappa shape index (κ2) is 5.28. The molecular formula is C13H9ClN4O2S2. The van der Waals surface area contributed by atoms with Crippen LogP contribution in [0.1, 0.15) is 11.3 Å². The molecular weight excluding hydrogens is 344 g/mol. The van der Waals surface area contributed by atoms with Gasteiger partial charge in [-0.05, 0) is 36.7 Å². The SMILES string of the molecule is Cc1cc(S(=O)(=O)Nc2ccc(Cl)c3c(C#N)c[nH]c23)sn1. The maximum atomic E-state index is 12.4. The van der Waals surface area contributed by atoms with E-state index in [-0.39, 0.29) is 4.21 Å². The first-order valence-electron chi connectivity index (χ1n) is 6.08. The van der Waals surface area contributed by atoms with Gasteiger partial charge in [0.25, 0.3) is 10.0 Å². The van der Waals surface area contributed by atoms with E-state index < -0.39 is 10.0 Å². The highest BCUT2D eigenvalue weighted by Crippen LogP contribution is 2.33. The van der Waals surface area contributed by atoms with Gasteiger partial charge in [-0.25, -0.2) is 8.42 Å². The molecule has 0 saturated heterocycles. The molecule has 0 aliphatic heterocycles. The number of halogens is 1. The third-order valence-corrected chi connectivity index (χ3v) is 6.03. The summed E-state index contributed by atoms with van der Waals surface area (Å²) in [5.74, 6) is 0. The lowest BCUT2D eigenvalue weighted by molar-refractivity contribution is 0.603. The number of aromatic nitrogens is 2. The molecule has 2 N–H and O–H groups in total. The van der Waals surface area contributed by atoms with Crippen molar-refractivity contribution in [2.45, 2.75) is 11.1 Å². The van der Waals surface area contributed by atoms with Gasteiger partial charge in [0.1, 0.15) is 6.07 Å². The van der Waals surface area contributed by atoms with Crippen LogP contribution in [-0.4, -0.2) is 17.8 Å². The normalized spacial score (nSPS) is 11.5. The molecule has 0 amide bonds. The molecule has 6 nitrogen and oxygen atoms in total. The second-order valence-corrected chi connectivity index (χ2v) is 7.67. The monoisotopic (exact) mass is 352 g/mol. The van der Waals surface area contributed by atoms with Gasteiger partial charge in [0, 0.05) is 11.6 Å². The number of rotatable bonds is 3. The molecule has 2 heterocycles. The Hall–Kier alpha value is -2.08. The van der Waals surface area contributed by atoms with Gasteiger partial charge < -0.3 is 4.98 Å². The van der Waals surface area contributed by atoms with Gasteiger partial charge in [-0.1, -0.05) is 11.6 Å². The lowest BCUT2D eigenvalue weighted by atomic mass is 10.1. The zero-order chi connectivity index (χ0) is 15.9. The molecule has 112 valence electrons. The fourth-order valence-corrected chi connectivity index (χ4v) is 4.33. The van der Waals surface area contributed by atoms with Crippen LogP contribution in [0.25, 0.3) is 10.9 Å². The largest absolute Gasteiger partial charge is 0.358 e. The summed E-state index contributed by atoms with van der Waals surface area (Å²) < 4.78 is 31.3. The quantitative estimate of drug-likeness (QED) is 0.755. The van der Waals surface area contributed by atoms with E-state index in [2.05, 4.69) is 14.1 Å². The summed E-state index contributed by atoms with van der Waals surface area (Å²) in [6.07, 6.45) is 1.49. The minimum atomic E-state index is -3.73. The number of hydrogen-bond donors (Lipinski definition) is 2. The molecule has 2 aromatic heterocycles. The van der Waals surface area contributed by atoms with Gasteiger partial charge in [-0.3, -0.25) is 4.72 Å². The second-order valence-electron chi connectivity index (χ2n) is 4.55. The van der Waals surface area contributed by atoms with Crippen molar-refractivity contribution in [3.63, 3.8) is 0 Å². The molecule has 0 aliphatic carbocycles. The Labute approximate surface area is 135 Å². The molecule has 0 atom stereocenters. The van der Waals surface area contributed by atoms with Crippen LogP contribution < -0.4 is 4.72 Å². The maximum Gasteiger partial charge on any atom is 0.273 e. The highest BCUT2D eigenvalue weighted by Gasteiger charge is 2.20.